The number of anilines is 2. The first-order valence-electron chi connectivity index (χ1n) is 12.1. The lowest BCUT2D eigenvalue weighted by Crippen LogP contribution is -2.44. The van der Waals surface area contributed by atoms with Gasteiger partial charge in [0.05, 0.1) is 7.11 Å². The Hall–Kier alpha value is -3.90. The number of benzene rings is 3. The Morgan fingerprint density at radius 2 is 1.75 bits per heavy atom. The molecule has 3 aromatic rings. The summed E-state index contributed by atoms with van der Waals surface area (Å²) in [4.78, 5) is 25.9. The summed E-state index contributed by atoms with van der Waals surface area (Å²) in [5, 5.41) is 6.56. The Bertz CT molecular complexity index is 1280. The van der Waals surface area contributed by atoms with Crippen LogP contribution in [0.25, 0.3) is 16.9 Å². The van der Waals surface area contributed by atoms with Crippen LogP contribution in [0.5, 0.6) is 0 Å². The number of nitrogens with zero attached hydrogens (tertiary/aromatic N) is 1. The fraction of sp³-hybridized carbons (Fsp3) is 0.267. The van der Waals surface area contributed by atoms with E-state index in [0.717, 1.165) is 45.6 Å². The van der Waals surface area contributed by atoms with E-state index in [1.807, 2.05) is 53.4 Å². The third-order valence-electron chi connectivity index (χ3n) is 6.61. The van der Waals surface area contributed by atoms with Gasteiger partial charge in [0.2, 0.25) is 11.8 Å². The number of fused-ring (bicyclic) bond motifs is 1. The maximum atomic E-state index is 12.5. The van der Waals surface area contributed by atoms with E-state index in [2.05, 4.69) is 42.3 Å². The summed E-state index contributed by atoms with van der Waals surface area (Å²) in [6.45, 7) is 9.81. The van der Waals surface area contributed by atoms with E-state index < -0.39 is 0 Å². The number of hydrogen-bond acceptors (Lipinski definition) is 4. The van der Waals surface area contributed by atoms with Gasteiger partial charge in [-0.25, -0.2) is 0 Å². The minimum Gasteiger partial charge on any atom is -0.497 e. The maximum absolute atomic E-state index is 12.5. The molecule has 0 radical (unpaired) electrons. The first-order chi connectivity index (χ1) is 17.3. The SMILES string of the molecule is C=C(OC)c1ccc(CN[C@@H]2C[C@H](C)N(C(C)=O)c3ccc(-c4cccc(NC(C)=O)c4)cc32)cc1. The second-order valence-electron chi connectivity index (χ2n) is 9.27. The fourth-order valence-corrected chi connectivity index (χ4v) is 4.86. The second kappa shape index (κ2) is 10.8. The fourth-order valence-electron chi connectivity index (χ4n) is 4.86. The first kappa shape index (κ1) is 25.2. The number of carbonyl (C=O) groups is 2. The van der Waals surface area contributed by atoms with Crippen molar-refractivity contribution in [2.45, 2.75) is 45.8 Å². The summed E-state index contributed by atoms with van der Waals surface area (Å²) in [5.41, 5.74) is 6.94. The molecule has 6 nitrogen and oxygen atoms in total. The number of nitrogens with one attached hydrogen (secondary N) is 2. The minimum absolute atomic E-state index is 0.0385. The standard InChI is InChI=1S/C30H33N3O3/c1-19-15-29(31-18-23-9-11-24(12-10-23)20(2)36-5)28-17-26(13-14-30(28)33(19)22(4)35)25-7-6-8-27(16-25)32-21(3)34/h6-14,16-17,19,29,31H,2,15,18H2,1,3-5H3,(H,32,34)/t19-,29+/m0/s1. The smallest absolute Gasteiger partial charge is 0.224 e. The van der Waals surface area contributed by atoms with Gasteiger partial charge in [-0.15, -0.1) is 0 Å². The summed E-state index contributed by atoms with van der Waals surface area (Å²) in [5.74, 6) is 0.577. The average Bonchev–Trinajstić information content (AvgIpc) is 2.86. The monoisotopic (exact) mass is 483 g/mol. The van der Waals surface area contributed by atoms with Crippen molar-refractivity contribution in [2.24, 2.45) is 0 Å². The van der Waals surface area contributed by atoms with Gasteiger partial charge in [0, 0.05) is 49.4 Å². The lowest BCUT2D eigenvalue weighted by atomic mass is 9.89. The van der Waals surface area contributed by atoms with Crippen LogP contribution in [0.2, 0.25) is 0 Å². The third kappa shape index (κ3) is 5.50. The summed E-state index contributed by atoms with van der Waals surface area (Å²) in [6, 6.07) is 22.4. The van der Waals surface area contributed by atoms with Crippen LogP contribution in [0.4, 0.5) is 11.4 Å². The molecular weight excluding hydrogens is 450 g/mol. The Balaban J connectivity index is 1.64. The maximum Gasteiger partial charge on any atom is 0.224 e. The molecule has 0 saturated heterocycles. The van der Waals surface area contributed by atoms with Gasteiger partial charge in [-0.2, -0.15) is 0 Å². The van der Waals surface area contributed by atoms with E-state index in [4.69, 9.17) is 4.74 Å². The van der Waals surface area contributed by atoms with Crippen LogP contribution >= 0.6 is 0 Å². The Labute approximate surface area is 213 Å². The van der Waals surface area contributed by atoms with Crippen LogP contribution in [-0.4, -0.2) is 25.0 Å². The van der Waals surface area contributed by atoms with E-state index in [1.165, 1.54) is 6.92 Å². The summed E-state index contributed by atoms with van der Waals surface area (Å²) < 4.78 is 5.22. The van der Waals surface area contributed by atoms with Crippen molar-refractivity contribution in [1.29, 1.82) is 0 Å². The predicted molar refractivity (Wildman–Crippen MR) is 145 cm³/mol. The van der Waals surface area contributed by atoms with Crippen LogP contribution in [-0.2, 0) is 20.9 Å². The van der Waals surface area contributed by atoms with Crippen LogP contribution < -0.4 is 15.5 Å². The van der Waals surface area contributed by atoms with Gasteiger partial charge in [0.1, 0.15) is 5.76 Å². The van der Waals surface area contributed by atoms with Crippen LogP contribution in [0, 0.1) is 0 Å². The topological polar surface area (TPSA) is 70.7 Å². The molecule has 0 aromatic heterocycles. The molecule has 0 saturated carbocycles. The highest BCUT2D eigenvalue weighted by molar-refractivity contribution is 5.94. The molecule has 1 aliphatic heterocycles. The van der Waals surface area contributed by atoms with Crippen LogP contribution in [0.1, 0.15) is 49.9 Å². The molecule has 0 fully saturated rings. The molecule has 0 bridgehead atoms. The molecular formula is C30H33N3O3. The van der Waals surface area contributed by atoms with Crippen molar-refractivity contribution in [3.8, 4) is 11.1 Å². The summed E-state index contributed by atoms with van der Waals surface area (Å²) in [6.07, 6.45) is 0.806. The minimum atomic E-state index is -0.104. The molecule has 3 aromatic carbocycles. The highest BCUT2D eigenvalue weighted by Crippen LogP contribution is 2.40. The zero-order valence-electron chi connectivity index (χ0n) is 21.3. The van der Waals surface area contributed by atoms with E-state index in [-0.39, 0.29) is 23.9 Å². The number of methoxy groups -OCH3 is 1. The molecule has 0 unspecified atom stereocenters. The molecule has 186 valence electrons. The summed E-state index contributed by atoms with van der Waals surface area (Å²) in [7, 11) is 1.62. The third-order valence-corrected chi connectivity index (χ3v) is 6.61. The zero-order chi connectivity index (χ0) is 25.8. The lowest BCUT2D eigenvalue weighted by Gasteiger charge is -2.39. The largest absolute Gasteiger partial charge is 0.497 e. The van der Waals surface area contributed by atoms with Gasteiger partial charge in [-0.05, 0) is 59.9 Å². The molecule has 6 heteroatoms. The molecule has 0 spiro atoms. The van der Waals surface area contributed by atoms with Crippen molar-refractivity contribution < 1.29 is 14.3 Å². The van der Waals surface area contributed by atoms with Gasteiger partial charge in [0.25, 0.3) is 0 Å². The van der Waals surface area contributed by atoms with Gasteiger partial charge in [-0.1, -0.05) is 49.0 Å². The van der Waals surface area contributed by atoms with E-state index in [0.29, 0.717) is 12.3 Å². The molecule has 4 rings (SSSR count). The van der Waals surface area contributed by atoms with Crippen molar-refractivity contribution in [3.63, 3.8) is 0 Å². The van der Waals surface area contributed by atoms with E-state index in [9.17, 15) is 9.59 Å². The van der Waals surface area contributed by atoms with Crippen molar-refractivity contribution in [2.75, 3.05) is 17.3 Å². The zero-order valence-corrected chi connectivity index (χ0v) is 21.3. The molecule has 36 heavy (non-hydrogen) atoms. The normalized spacial score (nSPS) is 16.7. The van der Waals surface area contributed by atoms with Crippen LogP contribution in [0.3, 0.4) is 0 Å². The van der Waals surface area contributed by atoms with E-state index in [1.54, 1.807) is 14.0 Å². The van der Waals surface area contributed by atoms with Gasteiger partial charge >= 0.3 is 0 Å². The molecule has 1 heterocycles. The highest BCUT2D eigenvalue weighted by atomic mass is 16.5. The molecule has 2 atom stereocenters. The highest BCUT2D eigenvalue weighted by Gasteiger charge is 2.32. The average molecular weight is 484 g/mol. The van der Waals surface area contributed by atoms with Crippen molar-refractivity contribution >= 4 is 28.9 Å². The Kier molecular flexibility index (Phi) is 7.55. The molecule has 2 amide bonds. The number of amides is 2. The Morgan fingerprint density at radius 1 is 1.03 bits per heavy atom. The Morgan fingerprint density at radius 3 is 2.42 bits per heavy atom. The second-order valence-corrected chi connectivity index (χ2v) is 9.27. The van der Waals surface area contributed by atoms with Crippen molar-refractivity contribution in [1.82, 2.24) is 5.32 Å². The number of carbonyl (C=O) groups excluding carboxylic acids is 2. The van der Waals surface area contributed by atoms with Gasteiger partial charge in [-0.3, -0.25) is 9.59 Å². The quantitative estimate of drug-likeness (QED) is 0.410. The predicted octanol–water partition coefficient (Wildman–Crippen LogP) is 5.91. The molecule has 2 N–H and O–H groups in total. The van der Waals surface area contributed by atoms with E-state index >= 15 is 0 Å². The first-order valence-corrected chi connectivity index (χ1v) is 12.1. The number of ether oxygens (including phenoxy) is 1. The number of rotatable bonds is 7. The van der Waals surface area contributed by atoms with Gasteiger partial charge < -0.3 is 20.3 Å². The van der Waals surface area contributed by atoms with Gasteiger partial charge in [0.15, 0.2) is 0 Å². The summed E-state index contributed by atoms with van der Waals surface area (Å²) >= 11 is 0. The lowest BCUT2D eigenvalue weighted by molar-refractivity contribution is -0.117. The van der Waals surface area contributed by atoms with Crippen LogP contribution in [0.15, 0.2) is 73.3 Å². The number of hydrogen-bond donors (Lipinski definition) is 2. The molecule has 1 aliphatic rings. The van der Waals surface area contributed by atoms with Crippen molar-refractivity contribution in [3.05, 3.63) is 90.0 Å². The molecule has 0 aliphatic carbocycles.